The molecule has 2 aromatic carbocycles. The number of nitrogens with zero attached hydrogens (tertiary/aromatic N) is 3. The number of likely N-dealkylation sites (N-methyl/N-ethyl adjacent to an activating group) is 1. The molecule has 190 valence electrons. The molecule has 3 heterocycles. The second kappa shape index (κ2) is 9.85. The summed E-state index contributed by atoms with van der Waals surface area (Å²) in [6.45, 7) is 1.57. The number of aliphatic imine (C=N–C) groups is 1. The van der Waals surface area contributed by atoms with E-state index in [9.17, 15) is 18.0 Å². The molecule has 1 aliphatic heterocycles. The van der Waals surface area contributed by atoms with E-state index in [1.54, 1.807) is 12.1 Å². The summed E-state index contributed by atoms with van der Waals surface area (Å²) in [4.78, 5) is 32.1. The van der Waals surface area contributed by atoms with Gasteiger partial charge in [0.15, 0.2) is 15.6 Å². The number of benzene rings is 2. The molecule has 0 amide bonds. The number of pyridine rings is 1. The summed E-state index contributed by atoms with van der Waals surface area (Å²) in [6.07, 6.45) is 1.25. The van der Waals surface area contributed by atoms with Crippen molar-refractivity contribution in [3.63, 3.8) is 0 Å². The molecule has 0 fully saturated rings. The zero-order valence-electron chi connectivity index (χ0n) is 19.6. The summed E-state index contributed by atoms with van der Waals surface area (Å²) < 4.78 is 41.4. The van der Waals surface area contributed by atoms with Gasteiger partial charge in [-0.2, -0.15) is 0 Å². The van der Waals surface area contributed by atoms with Gasteiger partial charge in [-0.25, -0.2) is 12.8 Å². The maximum Gasteiger partial charge on any atom is 0.263 e. The summed E-state index contributed by atoms with van der Waals surface area (Å²) >= 11 is 6.67. The maximum atomic E-state index is 15.1. The minimum atomic E-state index is -3.82. The van der Waals surface area contributed by atoms with Crippen molar-refractivity contribution in [1.29, 1.82) is 0 Å². The number of sulfone groups is 1. The molecular formula is C26H21ClFN3O4S2. The van der Waals surface area contributed by atoms with E-state index in [2.05, 4.69) is 9.89 Å². The molecule has 5 rings (SSSR count). The first kappa shape index (κ1) is 25.3. The number of carbonyl (C=O) groups excluding carboxylic acids is 1. The Labute approximate surface area is 221 Å². The number of Topliss-reactive ketones (excluding diaryl/α,β-unsaturated/α-hetero) is 1. The third-order valence-electron chi connectivity index (χ3n) is 6.10. The first-order chi connectivity index (χ1) is 17.6. The third-order valence-corrected chi connectivity index (χ3v) is 9.59. The van der Waals surface area contributed by atoms with Gasteiger partial charge in [0.2, 0.25) is 0 Å². The van der Waals surface area contributed by atoms with Crippen LogP contribution in [0.3, 0.4) is 0 Å². The number of fused-ring (bicyclic) bond motifs is 1. The largest absolute Gasteiger partial charge is 0.358 e. The first-order valence-corrected chi connectivity index (χ1v) is 14.2. The lowest BCUT2D eigenvalue weighted by molar-refractivity contribution is -0.116. The standard InChI is InChI=1S/C26H21ClFN3O4S2/c1-30-11-9-29-25(30)18-3-4-20-17(14-18)8-10-31(26(20)33)22-5-2-16(13-21(22)28)12-19(32)15-37(34,35)24-7-6-23(27)36-24/h2-8,10,13-14H,9,11-12,15H2,1H3. The summed E-state index contributed by atoms with van der Waals surface area (Å²) in [5, 5.41) is 1.16. The first-order valence-electron chi connectivity index (χ1n) is 11.3. The molecule has 0 radical (unpaired) electrons. The average molecular weight is 558 g/mol. The van der Waals surface area contributed by atoms with Crippen LogP contribution in [0.15, 0.2) is 74.8 Å². The van der Waals surface area contributed by atoms with Gasteiger partial charge >= 0.3 is 0 Å². The predicted molar refractivity (Wildman–Crippen MR) is 144 cm³/mol. The highest BCUT2D eigenvalue weighted by Gasteiger charge is 2.22. The Balaban J connectivity index is 1.37. The van der Waals surface area contributed by atoms with Crippen LogP contribution in [-0.2, 0) is 21.1 Å². The zero-order valence-corrected chi connectivity index (χ0v) is 22.0. The van der Waals surface area contributed by atoms with Crippen molar-refractivity contribution in [2.75, 3.05) is 25.9 Å². The lowest BCUT2D eigenvalue weighted by atomic mass is 10.1. The second-order valence-corrected chi connectivity index (χ2v) is 12.7. The lowest BCUT2D eigenvalue weighted by Crippen LogP contribution is -2.23. The molecule has 1 aliphatic rings. The van der Waals surface area contributed by atoms with Crippen molar-refractivity contribution in [3.05, 3.63) is 92.4 Å². The minimum Gasteiger partial charge on any atom is -0.358 e. The maximum absolute atomic E-state index is 15.1. The quantitative estimate of drug-likeness (QED) is 0.341. The minimum absolute atomic E-state index is 0.0124. The van der Waals surface area contributed by atoms with Crippen molar-refractivity contribution in [3.8, 4) is 5.69 Å². The zero-order chi connectivity index (χ0) is 26.3. The molecule has 37 heavy (non-hydrogen) atoms. The molecule has 4 aromatic rings. The van der Waals surface area contributed by atoms with Crippen molar-refractivity contribution >= 4 is 55.2 Å². The monoisotopic (exact) mass is 557 g/mol. The number of hydrogen-bond donors (Lipinski definition) is 0. The van der Waals surface area contributed by atoms with Gasteiger partial charge in [-0.05, 0) is 53.4 Å². The number of ketones is 1. The molecule has 7 nitrogen and oxygen atoms in total. The van der Waals surface area contributed by atoms with Crippen molar-refractivity contribution in [2.24, 2.45) is 4.99 Å². The number of thiophene rings is 1. The van der Waals surface area contributed by atoms with E-state index >= 15 is 4.39 Å². The van der Waals surface area contributed by atoms with E-state index in [0.717, 1.165) is 47.3 Å². The van der Waals surface area contributed by atoms with Gasteiger partial charge < -0.3 is 4.90 Å². The SMILES string of the molecule is CN1CCN=C1c1ccc2c(=O)n(-c3ccc(CC(=O)CS(=O)(=O)c4ccc(Cl)s4)cc3F)ccc2c1. The van der Waals surface area contributed by atoms with Crippen LogP contribution < -0.4 is 5.56 Å². The van der Waals surface area contributed by atoms with Crippen LogP contribution in [0.25, 0.3) is 16.5 Å². The Morgan fingerprint density at radius 2 is 1.95 bits per heavy atom. The Bertz CT molecular complexity index is 1740. The Hall–Kier alpha value is -3.34. The topological polar surface area (TPSA) is 88.8 Å². The second-order valence-electron chi connectivity index (χ2n) is 8.74. The molecule has 0 saturated carbocycles. The summed E-state index contributed by atoms with van der Waals surface area (Å²) in [6, 6.07) is 14.1. The summed E-state index contributed by atoms with van der Waals surface area (Å²) in [5.41, 5.74) is 0.877. The Morgan fingerprint density at radius 1 is 1.14 bits per heavy atom. The Kier molecular flexibility index (Phi) is 6.74. The van der Waals surface area contributed by atoms with Crippen LogP contribution in [0.4, 0.5) is 4.39 Å². The number of halogens is 2. The highest BCUT2D eigenvalue weighted by molar-refractivity contribution is 7.94. The number of hydrogen-bond acceptors (Lipinski definition) is 7. The van der Waals surface area contributed by atoms with E-state index in [1.807, 2.05) is 19.2 Å². The molecule has 0 spiro atoms. The number of carbonyl (C=O) groups is 1. The van der Waals surface area contributed by atoms with E-state index in [0.29, 0.717) is 15.3 Å². The average Bonchev–Trinajstić information content (AvgIpc) is 3.48. The van der Waals surface area contributed by atoms with Crippen molar-refractivity contribution in [2.45, 2.75) is 10.6 Å². The van der Waals surface area contributed by atoms with Gasteiger partial charge in [-0.1, -0.05) is 23.7 Å². The highest BCUT2D eigenvalue weighted by atomic mass is 35.5. The van der Waals surface area contributed by atoms with Crippen LogP contribution in [0.5, 0.6) is 0 Å². The highest BCUT2D eigenvalue weighted by Crippen LogP contribution is 2.27. The van der Waals surface area contributed by atoms with Gasteiger partial charge in [0.25, 0.3) is 5.56 Å². The number of rotatable bonds is 7. The van der Waals surface area contributed by atoms with Crippen LogP contribution in [0.1, 0.15) is 11.1 Å². The van der Waals surface area contributed by atoms with Crippen molar-refractivity contribution in [1.82, 2.24) is 9.47 Å². The fourth-order valence-electron chi connectivity index (χ4n) is 4.30. The van der Waals surface area contributed by atoms with Crippen molar-refractivity contribution < 1.29 is 17.6 Å². The van der Waals surface area contributed by atoms with Gasteiger partial charge in [0.1, 0.15) is 21.6 Å². The Morgan fingerprint density at radius 3 is 2.62 bits per heavy atom. The molecule has 0 bridgehead atoms. The normalized spacial score (nSPS) is 13.8. The van der Waals surface area contributed by atoms with E-state index < -0.39 is 27.2 Å². The molecule has 0 N–H and O–H groups in total. The van der Waals surface area contributed by atoms with Gasteiger partial charge in [0.05, 0.1) is 16.6 Å². The molecule has 0 atom stereocenters. The molecular weight excluding hydrogens is 537 g/mol. The lowest BCUT2D eigenvalue weighted by Gasteiger charge is -2.14. The van der Waals surface area contributed by atoms with E-state index in [4.69, 9.17) is 11.6 Å². The van der Waals surface area contributed by atoms with E-state index in [1.165, 1.54) is 35.0 Å². The smallest absolute Gasteiger partial charge is 0.263 e. The van der Waals surface area contributed by atoms with Crippen LogP contribution in [-0.4, -0.2) is 55.4 Å². The van der Waals surface area contributed by atoms with Gasteiger partial charge in [0, 0.05) is 37.2 Å². The molecule has 0 saturated heterocycles. The fraction of sp³-hybridized carbons (Fsp3) is 0.192. The molecule has 2 aromatic heterocycles. The van der Waals surface area contributed by atoms with E-state index in [-0.39, 0.29) is 21.9 Å². The fourth-order valence-corrected chi connectivity index (χ4v) is 7.11. The number of aromatic nitrogens is 1. The summed E-state index contributed by atoms with van der Waals surface area (Å²) in [7, 11) is -1.86. The van der Waals surface area contributed by atoms with Crippen LogP contribution in [0, 0.1) is 5.82 Å². The summed E-state index contributed by atoms with van der Waals surface area (Å²) in [5.74, 6) is -1.11. The predicted octanol–water partition coefficient (Wildman–Crippen LogP) is 4.12. The van der Waals surface area contributed by atoms with Gasteiger partial charge in [-0.15, -0.1) is 11.3 Å². The molecule has 11 heteroatoms. The third kappa shape index (κ3) is 5.09. The molecule has 0 unspecified atom stereocenters. The van der Waals surface area contributed by atoms with Gasteiger partial charge in [-0.3, -0.25) is 19.1 Å². The van der Waals surface area contributed by atoms with Crippen LogP contribution in [0.2, 0.25) is 4.34 Å². The molecule has 0 aliphatic carbocycles. The number of amidine groups is 1. The van der Waals surface area contributed by atoms with Crippen LogP contribution >= 0.6 is 22.9 Å².